The molecular formula is C32H45N3O6. The minimum atomic E-state index is -1.18. The number of carbonyl (C=O) groups excluding carboxylic acids is 3. The lowest BCUT2D eigenvalue weighted by molar-refractivity contribution is -0.153. The van der Waals surface area contributed by atoms with E-state index < -0.39 is 35.1 Å². The number of ether oxygens (including phenoxy) is 2. The third-order valence-corrected chi connectivity index (χ3v) is 9.21. The van der Waals surface area contributed by atoms with Gasteiger partial charge >= 0.3 is 0 Å². The number of amides is 3. The standard InChI is InChI=1S/C32H45N3O6/c1-8-17-33(6)28(37)25-26-29(38)35(23(20-36)19-21(4)5)27(32(26)16-15-31(25,10-3)41-32)30(39)34(18-9-2)22-11-13-24(40-7)14-12-22/h8-9,11-14,21,23,25-27,36H,1-2,10,15-20H2,3-7H3/t23-,25+,26+,27?,31-,32?/m1/s1. The Morgan fingerprint density at radius 3 is 2.37 bits per heavy atom. The monoisotopic (exact) mass is 567 g/mol. The van der Waals surface area contributed by atoms with E-state index in [2.05, 4.69) is 13.2 Å². The molecule has 2 bridgehead atoms. The Hall–Kier alpha value is -3.17. The molecular weight excluding hydrogens is 522 g/mol. The molecule has 3 heterocycles. The van der Waals surface area contributed by atoms with Crippen LogP contribution in [0.1, 0.15) is 46.5 Å². The molecule has 3 amide bonds. The average Bonchev–Trinajstić information content (AvgIpc) is 3.57. The van der Waals surface area contributed by atoms with Gasteiger partial charge in [-0.1, -0.05) is 32.9 Å². The highest BCUT2D eigenvalue weighted by Crippen LogP contribution is 2.65. The highest BCUT2D eigenvalue weighted by Gasteiger charge is 2.79. The number of likely N-dealkylation sites (N-methyl/N-ethyl adjacent to an activating group) is 1. The Kier molecular flexibility index (Phi) is 8.99. The van der Waals surface area contributed by atoms with Crippen molar-refractivity contribution in [3.63, 3.8) is 0 Å². The zero-order valence-corrected chi connectivity index (χ0v) is 25.0. The van der Waals surface area contributed by atoms with Gasteiger partial charge in [0.05, 0.1) is 37.2 Å². The van der Waals surface area contributed by atoms with Crippen molar-refractivity contribution in [3.8, 4) is 5.75 Å². The van der Waals surface area contributed by atoms with E-state index in [4.69, 9.17) is 9.47 Å². The summed E-state index contributed by atoms with van der Waals surface area (Å²) in [6.07, 6.45) is 5.40. The number of carbonyl (C=O) groups is 3. The largest absolute Gasteiger partial charge is 0.497 e. The lowest BCUT2D eigenvalue weighted by atomic mass is 9.64. The Morgan fingerprint density at radius 2 is 1.83 bits per heavy atom. The maximum absolute atomic E-state index is 14.8. The van der Waals surface area contributed by atoms with Crippen molar-refractivity contribution in [2.45, 2.75) is 69.7 Å². The molecule has 1 N–H and O–H groups in total. The molecule has 0 radical (unpaired) electrons. The number of benzene rings is 1. The van der Waals surface area contributed by atoms with Gasteiger partial charge in [0.25, 0.3) is 5.91 Å². The molecule has 9 nitrogen and oxygen atoms in total. The van der Waals surface area contributed by atoms with Crippen LogP contribution in [0.25, 0.3) is 0 Å². The second kappa shape index (κ2) is 12.0. The molecule has 224 valence electrons. The Labute approximate surface area is 243 Å². The molecule has 1 aromatic rings. The number of hydrogen-bond donors (Lipinski definition) is 1. The minimum absolute atomic E-state index is 0.162. The second-order valence-corrected chi connectivity index (χ2v) is 12.0. The lowest BCUT2D eigenvalue weighted by Crippen LogP contribution is -2.59. The van der Waals surface area contributed by atoms with E-state index in [1.165, 1.54) is 0 Å². The van der Waals surface area contributed by atoms with Crippen LogP contribution in [-0.4, -0.2) is 89.8 Å². The summed E-state index contributed by atoms with van der Waals surface area (Å²) in [5.41, 5.74) is -1.40. The van der Waals surface area contributed by atoms with Crippen molar-refractivity contribution in [3.05, 3.63) is 49.6 Å². The van der Waals surface area contributed by atoms with Gasteiger partial charge in [-0.2, -0.15) is 0 Å². The third-order valence-electron chi connectivity index (χ3n) is 9.21. The Balaban J connectivity index is 1.87. The molecule has 0 saturated carbocycles. The van der Waals surface area contributed by atoms with Gasteiger partial charge in [-0.15, -0.1) is 13.2 Å². The molecule has 41 heavy (non-hydrogen) atoms. The first-order chi connectivity index (χ1) is 19.5. The molecule has 1 aromatic carbocycles. The molecule has 3 fully saturated rings. The van der Waals surface area contributed by atoms with Gasteiger partial charge in [-0.3, -0.25) is 14.4 Å². The molecule has 0 aliphatic carbocycles. The van der Waals surface area contributed by atoms with E-state index in [1.54, 1.807) is 65.3 Å². The molecule has 6 atom stereocenters. The number of likely N-dealkylation sites (tertiary alicyclic amines) is 1. The number of hydrogen-bond acceptors (Lipinski definition) is 6. The molecule has 3 aliphatic rings. The van der Waals surface area contributed by atoms with Gasteiger partial charge in [-0.25, -0.2) is 0 Å². The predicted molar refractivity (Wildman–Crippen MR) is 157 cm³/mol. The number of nitrogens with zero attached hydrogens (tertiary/aromatic N) is 3. The smallest absolute Gasteiger partial charge is 0.253 e. The van der Waals surface area contributed by atoms with Gasteiger partial charge in [-0.05, 0) is 55.9 Å². The number of anilines is 1. The highest BCUT2D eigenvalue weighted by atomic mass is 16.5. The summed E-state index contributed by atoms with van der Waals surface area (Å²) in [7, 11) is 3.28. The molecule has 9 heteroatoms. The first kappa shape index (κ1) is 30.8. The van der Waals surface area contributed by atoms with Crippen LogP contribution in [0.3, 0.4) is 0 Å². The molecule has 0 aromatic heterocycles. The van der Waals surface area contributed by atoms with Gasteiger partial charge < -0.3 is 29.3 Å². The van der Waals surface area contributed by atoms with Crippen LogP contribution in [-0.2, 0) is 19.1 Å². The summed E-state index contributed by atoms with van der Waals surface area (Å²) < 4.78 is 12.2. The summed E-state index contributed by atoms with van der Waals surface area (Å²) in [6, 6.07) is 5.55. The van der Waals surface area contributed by atoms with Crippen molar-refractivity contribution in [2.24, 2.45) is 17.8 Å². The van der Waals surface area contributed by atoms with Crippen molar-refractivity contribution in [1.82, 2.24) is 9.80 Å². The third kappa shape index (κ3) is 4.97. The van der Waals surface area contributed by atoms with E-state index in [9.17, 15) is 19.5 Å². The zero-order chi connectivity index (χ0) is 30.1. The van der Waals surface area contributed by atoms with Crippen LogP contribution in [0, 0.1) is 17.8 Å². The quantitative estimate of drug-likeness (QED) is 0.367. The number of aliphatic hydroxyl groups is 1. The summed E-state index contributed by atoms with van der Waals surface area (Å²) in [5, 5.41) is 10.6. The van der Waals surface area contributed by atoms with Gasteiger partial charge in [0, 0.05) is 25.8 Å². The topological polar surface area (TPSA) is 99.6 Å². The predicted octanol–water partition coefficient (Wildman–Crippen LogP) is 3.42. The fourth-order valence-electron chi connectivity index (χ4n) is 7.41. The van der Waals surface area contributed by atoms with Crippen molar-refractivity contribution in [1.29, 1.82) is 0 Å². The van der Waals surface area contributed by atoms with E-state index in [1.807, 2.05) is 20.8 Å². The van der Waals surface area contributed by atoms with Crippen molar-refractivity contribution < 1.29 is 29.0 Å². The fourth-order valence-corrected chi connectivity index (χ4v) is 7.41. The molecule has 4 rings (SSSR count). The van der Waals surface area contributed by atoms with Crippen LogP contribution in [0.2, 0.25) is 0 Å². The Bertz CT molecular complexity index is 1170. The molecule has 1 spiro atoms. The number of methoxy groups -OCH3 is 1. The van der Waals surface area contributed by atoms with Gasteiger partial charge in [0.2, 0.25) is 11.8 Å². The first-order valence-corrected chi connectivity index (χ1v) is 14.6. The summed E-state index contributed by atoms with van der Waals surface area (Å²) in [4.78, 5) is 48.0. The van der Waals surface area contributed by atoms with E-state index >= 15 is 0 Å². The number of aliphatic hydroxyl groups excluding tert-OH is 1. The van der Waals surface area contributed by atoms with Crippen molar-refractivity contribution in [2.75, 3.05) is 38.8 Å². The second-order valence-electron chi connectivity index (χ2n) is 12.0. The minimum Gasteiger partial charge on any atom is -0.497 e. The van der Waals surface area contributed by atoms with Crippen LogP contribution >= 0.6 is 0 Å². The van der Waals surface area contributed by atoms with E-state index in [0.29, 0.717) is 43.7 Å². The van der Waals surface area contributed by atoms with Crippen LogP contribution in [0.15, 0.2) is 49.6 Å². The highest BCUT2D eigenvalue weighted by molar-refractivity contribution is 6.05. The molecule has 2 unspecified atom stereocenters. The van der Waals surface area contributed by atoms with Crippen molar-refractivity contribution >= 4 is 23.4 Å². The zero-order valence-electron chi connectivity index (χ0n) is 25.0. The molecule has 3 saturated heterocycles. The summed E-state index contributed by atoms with van der Waals surface area (Å²) in [6.45, 7) is 13.9. The van der Waals surface area contributed by atoms with Crippen LogP contribution in [0.5, 0.6) is 5.75 Å². The van der Waals surface area contributed by atoms with Crippen LogP contribution in [0.4, 0.5) is 5.69 Å². The first-order valence-electron chi connectivity index (χ1n) is 14.6. The maximum Gasteiger partial charge on any atom is 0.253 e. The summed E-state index contributed by atoms with van der Waals surface area (Å²) >= 11 is 0. The van der Waals surface area contributed by atoms with Crippen LogP contribution < -0.4 is 9.64 Å². The maximum atomic E-state index is 14.8. The SMILES string of the molecule is C=CCN(C)C(=O)[C@@H]1[C@H]2C(=O)N([C@@H](CO)CC(C)C)C(C(=O)N(CC=C)c3ccc(OC)cc3)C23CC[C@@]1(CC)O3. The number of rotatable bonds is 13. The number of fused-ring (bicyclic) bond motifs is 1. The fraction of sp³-hybridized carbons (Fsp3) is 0.594. The lowest BCUT2D eigenvalue weighted by Gasteiger charge is -2.40. The average molecular weight is 568 g/mol. The van der Waals surface area contributed by atoms with E-state index in [0.717, 1.165) is 0 Å². The normalized spacial score (nSPS) is 28.9. The Morgan fingerprint density at radius 1 is 1.17 bits per heavy atom. The van der Waals surface area contributed by atoms with Gasteiger partial charge in [0.15, 0.2) is 0 Å². The summed E-state index contributed by atoms with van der Waals surface area (Å²) in [5.74, 6) is -1.53. The van der Waals surface area contributed by atoms with Gasteiger partial charge in [0.1, 0.15) is 17.4 Å². The van der Waals surface area contributed by atoms with E-state index in [-0.39, 0.29) is 36.8 Å². The molecule has 3 aliphatic heterocycles.